The monoisotopic (exact) mass is 631 g/mol. The smallest absolute Gasteiger partial charge is 0.416 e. The van der Waals surface area contributed by atoms with Gasteiger partial charge in [0.15, 0.2) is 9.84 Å². The van der Waals surface area contributed by atoms with Crippen molar-refractivity contribution in [2.24, 2.45) is 0 Å². The van der Waals surface area contributed by atoms with Gasteiger partial charge in [-0.15, -0.1) is 0 Å². The van der Waals surface area contributed by atoms with E-state index in [0.717, 1.165) is 23.4 Å². The van der Waals surface area contributed by atoms with Crippen molar-refractivity contribution >= 4 is 33.2 Å². The third-order valence-electron chi connectivity index (χ3n) is 7.20. The summed E-state index contributed by atoms with van der Waals surface area (Å²) < 4.78 is 69.0. The fourth-order valence-corrected chi connectivity index (χ4v) is 5.75. The Hall–Kier alpha value is -4.06. The molecule has 1 aliphatic rings. The number of amides is 2. The number of benzene rings is 3. The van der Waals surface area contributed by atoms with Crippen LogP contribution < -0.4 is 15.1 Å². The first-order valence-electron chi connectivity index (χ1n) is 14.2. The second-order valence-corrected chi connectivity index (χ2v) is 13.8. The molecule has 0 aromatic heterocycles. The number of ether oxygens (including phenoxy) is 1. The number of carbonyl (C=O) groups is 2. The molecule has 236 valence electrons. The van der Waals surface area contributed by atoms with Gasteiger partial charge in [0.05, 0.1) is 22.3 Å². The van der Waals surface area contributed by atoms with Crippen LogP contribution in [0.2, 0.25) is 0 Å². The zero-order valence-electron chi connectivity index (χ0n) is 25.0. The Morgan fingerprint density at radius 3 is 2.11 bits per heavy atom. The molecule has 0 saturated carbocycles. The van der Waals surface area contributed by atoms with Crippen LogP contribution in [-0.4, -0.2) is 50.9 Å². The predicted octanol–water partition coefficient (Wildman–Crippen LogP) is 6.45. The zero-order valence-corrected chi connectivity index (χ0v) is 25.8. The average molecular weight is 632 g/mol. The molecule has 2 amide bonds. The van der Waals surface area contributed by atoms with Gasteiger partial charge in [0.2, 0.25) is 0 Å². The molecule has 44 heavy (non-hydrogen) atoms. The van der Waals surface area contributed by atoms with E-state index < -0.39 is 33.3 Å². The molecule has 12 heteroatoms. The SMILES string of the molecule is CCS(=O)(=O)c1ccc(CNC(=O)c2ccc(N3CCC(N(C(=O)OC(C)(C)C)c4ccc(C(F)(F)F)cc4)C3)cc2)cc1. The summed E-state index contributed by atoms with van der Waals surface area (Å²) in [6, 6.07) is 17.5. The van der Waals surface area contributed by atoms with Crippen LogP contribution in [0.25, 0.3) is 0 Å². The molecule has 4 rings (SSSR count). The van der Waals surface area contributed by atoms with Crippen molar-refractivity contribution in [2.75, 3.05) is 28.6 Å². The van der Waals surface area contributed by atoms with Crippen molar-refractivity contribution in [1.82, 2.24) is 5.32 Å². The van der Waals surface area contributed by atoms with E-state index in [1.165, 1.54) is 29.2 Å². The van der Waals surface area contributed by atoms with E-state index in [0.29, 0.717) is 30.8 Å². The Labute approximate surface area is 255 Å². The number of hydrogen-bond donors (Lipinski definition) is 1. The number of hydrogen-bond acceptors (Lipinski definition) is 6. The lowest BCUT2D eigenvalue weighted by molar-refractivity contribution is -0.137. The van der Waals surface area contributed by atoms with Gasteiger partial charge in [-0.25, -0.2) is 13.2 Å². The Morgan fingerprint density at radius 1 is 0.955 bits per heavy atom. The van der Waals surface area contributed by atoms with E-state index in [1.54, 1.807) is 64.1 Å². The number of anilines is 2. The van der Waals surface area contributed by atoms with Crippen LogP contribution in [-0.2, 0) is 27.3 Å². The van der Waals surface area contributed by atoms with Crippen LogP contribution in [0.4, 0.5) is 29.3 Å². The minimum Gasteiger partial charge on any atom is -0.443 e. The van der Waals surface area contributed by atoms with Crippen LogP contribution in [0.5, 0.6) is 0 Å². The highest BCUT2D eigenvalue weighted by atomic mass is 32.2. The van der Waals surface area contributed by atoms with Gasteiger partial charge in [-0.3, -0.25) is 9.69 Å². The fraction of sp³-hybridized carbons (Fsp3) is 0.375. The molecule has 1 saturated heterocycles. The van der Waals surface area contributed by atoms with Gasteiger partial charge in [0.1, 0.15) is 5.60 Å². The Morgan fingerprint density at radius 2 is 1.57 bits per heavy atom. The molecule has 0 aliphatic carbocycles. The fourth-order valence-electron chi connectivity index (χ4n) is 4.86. The number of nitrogens with one attached hydrogen (secondary N) is 1. The van der Waals surface area contributed by atoms with E-state index >= 15 is 0 Å². The van der Waals surface area contributed by atoms with Crippen molar-refractivity contribution in [3.63, 3.8) is 0 Å². The summed E-state index contributed by atoms with van der Waals surface area (Å²) in [5, 5.41) is 2.83. The quantitative estimate of drug-likeness (QED) is 0.307. The predicted molar refractivity (Wildman–Crippen MR) is 163 cm³/mol. The first kappa shape index (κ1) is 32.8. The van der Waals surface area contributed by atoms with Gasteiger partial charge in [-0.05, 0) is 93.4 Å². The average Bonchev–Trinajstić information content (AvgIpc) is 3.45. The van der Waals surface area contributed by atoms with Crippen molar-refractivity contribution < 1.29 is 35.9 Å². The number of alkyl halides is 3. The molecular formula is C32H36F3N3O5S. The van der Waals surface area contributed by atoms with E-state index in [4.69, 9.17) is 4.74 Å². The van der Waals surface area contributed by atoms with E-state index in [2.05, 4.69) is 5.32 Å². The number of sulfone groups is 1. The van der Waals surface area contributed by atoms with Crippen molar-refractivity contribution in [3.8, 4) is 0 Å². The van der Waals surface area contributed by atoms with Gasteiger partial charge in [-0.1, -0.05) is 19.1 Å². The molecule has 0 bridgehead atoms. The lowest BCUT2D eigenvalue weighted by Crippen LogP contribution is -2.45. The molecule has 1 fully saturated rings. The normalized spacial score (nSPS) is 15.6. The summed E-state index contributed by atoms with van der Waals surface area (Å²) in [7, 11) is -3.30. The largest absolute Gasteiger partial charge is 0.443 e. The van der Waals surface area contributed by atoms with Crippen LogP contribution >= 0.6 is 0 Å². The number of rotatable bonds is 8. The summed E-state index contributed by atoms with van der Waals surface area (Å²) in [6.45, 7) is 7.98. The lowest BCUT2D eigenvalue weighted by atomic mass is 10.1. The van der Waals surface area contributed by atoms with Gasteiger partial charge in [-0.2, -0.15) is 13.2 Å². The summed E-state index contributed by atoms with van der Waals surface area (Å²) in [6.07, 6.45) is -4.58. The summed E-state index contributed by atoms with van der Waals surface area (Å²) in [4.78, 5) is 29.7. The van der Waals surface area contributed by atoms with Crippen LogP contribution in [0.3, 0.4) is 0 Å². The minimum atomic E-state index is -4.49. The lowest BCUT2D eigenvalue weighted by Gasteiger charge is -2.32. The minimum absolute atomic E-state index is 0.0122. The van der Waals surface area contributed by atoms with E-state index in [-0.39, 0.29) is 29.1 Å². The second kappa shape index (κ2) is 12.9. The molecule has 0 radical (unpaired) electrons. The van der Waals surface area contributed by atoms with Crippen LogP contribution in [0.1, 0.15) is 55.6 Å². The molecule has 3 aromatic carbocycles. The molecule has 1 heterocycles. The molecule has 3 aromatic rings. The summed E-state index contributed by atoms with van der Waals surface area (Å²) >= 11 is 0. The highest BCUT2D eigenvalue weighted by Gasteiger charge is 2.36. The van der Waals surface area contributed by atoms with Crippen molar-refractivity contribution in [1.29, 1.82) is 0 Å². The molecular weight excluding hydrogens is 595 g/mol. The highest BCUT2D eigenvalue weighted by molar-refractivity contribution is 7.91. The maximum Gasteiger partial charge on any atom is 0.416 e. The zero-order chi connectivity index (χ0) is 32.3. The number of carbonyl (C=O) groups excluding carboxylic acids is 2. The molecule has 0 spiro atoms. The Kier molecular flexibility index (Phi) is 9.62. The summed E-state index contributed by atoms with van der Waals surface area (Å²) in [5.74, 6) is -0.280. The van der Waals surface area contributed by atoms with Crippen molar-refractivity contribution in [2.45, 2.75) is 63.4 Å². The van der Waals surface area contributed by atoms with Gasteiger partial charge < -0.3 is 15.0 Å². The Balaban J connectivity index is 1.42. The molecule has 8 nitrogen and oxygen atoms in total. The summed E-state index contributed by atoms with van der Waals surface area (Å²) in [5.41, 5.74) is 0.740. The number of nitrogens with zero attached hydrogens (tertiary/aromatic N) is 2. The van der Waals surface area contributed by atoms with E-state index in [1.807, 2.05) is 4.90 Å². The molecule has 1 unspecified atom stereocenters. The van der Waals surface area contributed by atoms with E-state index in [9.17, 15) is 31.2 Å². The maximum atomic E-state index is 13.2. The molecule has 1 atom stereocenters. The molecule has 1 aliphatic heterocycles. The first-order valence-corrected chi connectivity index (χ1v) is 15.9. The van der Waals surface area contributed by atoms with Crippen molar-refractivity contribution in [3.05, 3.63) is 89.5 Å². The standard InChI is InChI=1S/C32H36F3N3O5S/c1-5-44(41,42)28-16-6-22(7-17-28)20-36-29(39)23-8-12-25(13-9-23)37-19-18-27(21-37)38(30(40)43-31(2,3)4)26-14-10-24(11-15-26)32(33,34)35/h6-17,27H,5,18-21H2,1-4H3,(H,36,39). The van der Waals surface area contributed by atoms with Gasteiger partial charge >= 0.3 is 12.3 Å². The maximum absolute atomic E-state index is 13.2. The number of halogens is 3. The van der Waals surface area contributed by atoms with Gasteiger partial charge in [0.25, 0.3) is 5.91 Å². The third kappa shape index (κ3) is 8.10. The van der Waals surface area contributed by atoms with Gasteiger partial charge in [0, 0.05) is 36.6 Å². The Bertz CT molecular complexity index is 1570. The second-order valence-electron chi connectivity index (χ2n) is 11.6. The first-order chi connectivity index (χ1) is 20.6. The van der Waals surface area contributed by atoms with Crippen LogP contribution in [0.15, 0.2) is 77.7 Å². The topological polar surface area (TPSA) is 96.0 Å². The molecule has 1 N–H and O–H groups in total. The highest BCUT2D eigenvalue weighted by Crippen LogP contribution is 2.33. The van der Waals surface area contributed by atoms with Crippen LogP contribution in [0, 0.1) is 0 Å². The third-order valence-corrected chi connectivity index (χ3v) is 8.95.